The molecule has 3 heteroatoms. The zero-order chi connectivity index (χ0) is 17.1. The molecule has 0 saturated heterocycles. The second-order valence-corrected chi connectivity index (χ2v) is 6.97. The number of anilines is 1. The molecule has 124 valence electrons. The lowest BCUT2D eigenvalue weighted by molar-refractivity contribution is 0.708. The first-order valence-electron chi connectivity index (χ1n) is 8.46. The SMILES string of the molecule is CSc1ccc(C2CC(c3ccccc3)=NN2c2ccccc2)cc1. The van der Waals surface area contributed by atoms with E-state index in [-0.39, 0.29) is 6.04 Å². The summed E-state index contributed by atoms with van der Waals surface area (Å²) in [7, 11) is 0. The molecular formula is C22H20N2S. The highest BCUT2D eigenvalue weighted by Gasteiger charge is 2.29. The van der Waals surface area contributed by atoms with Crippen LogP contribution in [0.4, 0.5) is 5.69 Å². The van der Waals surface area contributed by atoms with Crippen LogP contribution in [0.3, 0.4) is 0 Å². The average Bonchev–Trinajstić information content (AvgIpc) is 3.15. The Kier molecular flexibility index (Phi) is 4.57. The summed E-state index contributed by atoms with van der Waals surface area (Å²) in [6, 6.07) is 30.0. The number of para-hydroxylation sites is 1. The molecule has 0 saturated carbocycles. The van der Waals surface area contributed by atoms with Crippen LogP contribution in [-0.4, -0.2) is 12.0 Å². The van der Waals surface area contributed by atoms with Crippen LogP contribution in [-0.2, 0) is 0 Å². The minimum Gasteiger partial charge on any atom is -0.257 e. The lowest BCUT2D eigenvalue weighted by Crippen LogP contribution is -2.18. The smallest absolute Gasteiger partial charge is 0.0831 e. The number of hydrogen-bond donors (Lipinski definition) is 0. The van der Waals surface area contributed by atoms with Gasteiger partial charge in [-0.25, -0.2) is 0 Å². The van der Waals surface area contributed by atoms with E-state index >= 15 is 0 Å². The molecule has 4 rings (SSSR count). The molecule has 0 bridgehead atoms. The minimum absolute atomic E-state index is 0.230. The third kappa shape index (κ3) is 3.33. The Morgan fingerprint density at radius 3 is 2.12 bits per heavy atom. The van der Waals surface area contributed by atoms with E-state index in [1.807, 2.05) is 12.1 Å². The fraction of sp³-hybridized carbons (Fsp3) is 0.136. The van der Waals surface area contributed by atoms with Crippen molar-refractivity contribution < 1.29 is 0 Å². The molecule has 1 unspecified atom stereocenters. The van der Waals surface area contributed by atoms with Gasteiger partial charge in [-0.3, -0.25) is 5.01 Å². The summed E-state index contributed by atoms with van der Waals surface area (Å²) in [5, 5.41) is 7.14. The Bertz CT molecular complexity index is 858. The van der Waals surface area contributed by atoms with Gasteiger partial charge in [0.25, 0.3) is 0 Å². The predicted molar refractivity (Wildman–Crippen MR) is 107 cm³/mol. The summed E-state index contributed by atoms with van der Waals surface area (Å²) in [6.45, 7) is 0. The van der Waals surface area contributed by atoms with Crippen molar-refractivity contribution in [2.24, 2.45) is 5.10 Å². The van der Waals surface area contributed by atoms with Crippen molar-refractivity contribution in [3.63, 3.8) is 0 Å². The third-order valence-electron chi connectivity index (χ3n) is 4.54. The number of thioether (sulfide) groups is 1. The highest BCUT2D eigenvalue weighted by atomic mass is 32.2. The number of hydrogen-bond acceptors (Lipinski definition) is 3. The average molecular weight is 344 g/mol. The number of rotatable bonds is 4. The van der Waals surface area contributed by atoms with E-state index in [2.05, 4.69) is 84.1 Å². The molecule has 2 nitrogen and oxygen atoms in total. The van der Waals surface area contributed by atoms with Crippen molar-refractivity contribution in [1.29, 1.82) is 0 Å². The first kappa shape index (κ1) is 16.0. The van der Waals surface area contributed by atoms with Gasteiger partial charge < -0.3 is 0 Å². The Morgan fingerprint density at radius 1 is 0.840 bits per heavy atom. The van der Waals surface area contributed by atoms with Crippen molar-refractivity contribution in [1.82, 2.24) is 0 Å². The topological polar surface area (TPSA) is 15.6 Å². The molecule has 0 aliphatic carbocycles. The third-order valence-corrected chi connectivity index (χ3v) is 5.28. The van der Waals surface area contributed by atoms with E-state index in [4.69, 9.17) is 5.10 Å². The van der Waals surface area contributed by atoms with Crippen LogP contribution < -0.4 is 5.01 Å². The normalized spacial score (nSPS) is 16.8. The maximum atomic E-state index is 4.97. The number of nitrogens with zero attached hydrogens (tertiary/aromatic N) is 2. The molecule has 1 atom stereocenters. The highest BCUT2D eigenvalue weighted by Crippen LogP contribution is 2.37. The lowest BCUT2D eigenvalue weighted by atomic mass is 9.98. The monoisotopic (exact) mass is 344 g/mol. The Hall–Kier alpha value is -2.52. The van der Waals surface area contributed by atoms with Gasteiger partial charge in [0, 0.05) is 11.3 Å². The van der Waals surface area contributed by atoms with Crippen LogP contribution in [0, 0.1) is 0 Å². The van der Waals surface area contributed by atoms with Gasteiger partial charge in [0.2, 0.25) is 0 Å². The molecule has 1 aliphatic rings. The lowest BCUT2D eigenvalue weighted by Gasteiger charge is -2.24. The van der Waals surface area contributed by atoms with Gasteiger partial charge in [-0.1, -0.05) is 60.7 Å². The zero-order valence-corrected chi connectivity index (χ0v) is 15.0. The molecule has 0 spiro atoms. The van der Waals surface area contributed by atoms with Crippen molar-refractivity contribution in [3.05, 3.63) is 96.1 Å². The van der Waals surface area contributed by atoms with Gasteiger partial charge in [-0.05, 0) is 41.6 Å². The van der Waals surface area contributed by atoms with Crippen molar-refractivity contribution >= 4 is 23.2 Å². The van der Waals surface area contributed by atoms with Crippen molar-refractivity contribution in [2.45, 2.75) is 17.4 Å². The van der Waals surface area contributed by atoms with Gasteiger partial charge in [0.05, 0.1) is 17.4 Å². The van der Waals surface area contributed by atoms with E-state index in [1.165, 1.54) is 16.0 Å². The molecular weight excluding hydrogens is 324 g/mol. The van der Waals surface area contributed by atoms with E-state index in [1.54, 1.807) is 11.8 Å². The summed E-state index contributed by atoms with van der Waals surface area (Å²) < 4.78 is 0. The minimum atomic E-state index is 0.230. The second-order valence-electron chi connectivity index (χ2n) is 6.09. The first-order chi connectivity index (χ1) is 12.3. The molecule has 0 N–H and O–H groups in total. The Labute approximate surface area is 153 Å². The molecule has 0 aromatic heterocycles. The molecule has 25 heavy (non-hydrogen) atoms. The van der Waals surface area contributed by atoms with E-state index in [0.717, 1.165) is 17.8 Å². The quantitative estimate of drug-likeness (QED) is 0.559. The summed E-state index contributed by atoms with van der Waals surface area (Å²) >= 11 is 1.77. The fourth-order valence-corrected chi connectivity index (χ4v) is 3.63. The Morgan fingerprint density at radius 2 is 1.48 bits per heavy atom. The van der Waals surface area contributed by atoms with E-state index in [9.17, 15) is 0 Å². The molecule has 3 aromatic rings. The van der Waals surface area contributed by atoms with Crippen molar-refractivity contribution in [3.8, 4) is 0 Å². The predicted octanol–water partition coefficient (Wildman–Crippen LogP) is 5.76. The maximum Gasteiger partial charge on any atom is 0.0831 e. The van der Waals surface area contributed by atoms with Gasteiger partial charge >= 0.3 is 0 Å². The van der Waals surface area contributed by atoms with Crippen molar-refractivity contribution in [2.75, 3.05) is 11.3 Å². The van der Waals surface area contributed by atoms with Crippen LogP contribution in [0.2, 0.25) is 0 Å². The summed E-state index contributed by atoms with van der Waals surface area (Å²) in [4.78, 5) is 1.29. The van der Waals surface area contributed by atoms with Gasteiger partial charge in [-0.15, -0.1) is 11.8 Å². The fourth-order valence-electron chi connectivity index (χ4n) is 3.22. The van der Waals surface area contributed by atoms with E-state index in [0.29, 0.717) is 0 Å². The molecule has 0 amide bonds. The molecule has 3 aromatic carbocycles. The maximum absolute atomic E-state index is 4.97. The summed E-state index contributed by atoms with van der Waals surface area (Å²) in [5.74, 6) is 0. The van der Waals surface area contributed by atoms with Gasteiger partial charge in [-0.2, -0.15) is 5.10 Å². The largest absolute Gasteiger partial charge is 0.257 e. The van der Waals surface area contributed by atoms with Crippen LogP contribution in [0.15, 0.2) is 94.9 Å². The standard InChI is InChI=1S/C22H20N2S/c1-25-20-14-12-18(13-15-20)22-16-21(17-8-4-2-5-9-17)23-24(22)19-10-6-3-7-11-19/h2-15,22H,16H2,1H3. The highest BCUT2D eigenvalue weighted by molar-refractivity contribution is 7.98. The summed E-state index contributed by atoms with van der Waals surface area (Å²) in [6.07, 6.45) is 3.02. The van der Waals surface area contributed by atoms with Crippen LogP contribution >= 0.6 is 11.8 Å². The van der Waals surface area contributed by atoms with Gasteiger partial charge in [0.1, 0.15) is 0 Å². The number of benzene rings is 3. The molecule has 1 heterocycles. The zero-order valence-electron chi connectivity index (χ0n) is 14.2. The molecule has 0 radical (unpaired) electrons. The Balaban J connectivity index is 1.72. The number of hydrazone groups is 1. The first-order valence-corrected chi connectivity index (χ1v) is 9.69. The van der Waals surface area contributed by atoms with Crippen LogP contribution in [0.25, 0.3) is 0 Å². The molecule has 0 fully saturated rings. The molecule has 1 aliphatic heterocycles. The van der Waals surface area contributed by atoms with Crippen LogP contribution in [0.5, 0.6) is 0 Å². The summed E-state index contributed by atoms with van der Waals surface area (Å²) in [5.41, 5.74) is 4.78. The van der Waals surface area contributed by atoms with Gasteiger partial charge in [0.15, 0.2) is 0 Å². The second kappa shape index (κ2) is 7.16. The van der Waals surface area contributed by atoms with Crippen LogP contribution in [0.1, 0.15) is 23.6 Å². The van der Waals surface area contributed by atoms with E-state index < -0.39 is 0 Å².